The Bertz CT molecular complexity index is 431. The molecule has 0 bridgehead atoms. The van der Waals surface area contributed by atoms with E-state index < -0.39 is 7.60 Å². The van der Waals surface area contributed by atoms with Crippen LogP contribution in [0, 0.1) is 0 Å². The van der Waals surface area contributed by atoms with Crippen molar-refractivity contribution >= 4 is 25.1 Å². The summed E-state index contributed by atoms with van der Waals surface area (Å²) in [5, 5.41) is 0. The van der Waals surface area contributed by atoms with E-state index in [1.807, 2.05) is 0 Å². The van der Waals surface area contributed by atoms with Crippen molar-refractivity contribution in [1.29, 1.82) is 0 Å². The monoisotopic (exact) mass is 275 g/mol. The highest BCUT2D eigenvalue weighted by molar-refractivity contribution is 7.61. The first-order chi connectivity index (χ1) is 8.23. The van der Waals surface area contributed by atoms with Gasteiger partial charge in [0.25, 0.3) is 0 Å². The summed E-state index contributed by atoms with van der Waals surface area (Å²) in [6, 6.07) is 0. The summed E-state index contributed by atoms with van der Waals surface area (Å²) in [7, 11) is -3.66. The summed E-state index contributed by atoms with van der Waals surface area (Å²) in [6.45, 7) is 6.91. The Labute approximate surface area is 106 Å². The van der Waals surface area contributed by atoms with Crippen LogP contribution in [0.25, 0.3) is 0 Å². The molecule has 0 saturated carbocycles. The average Bonchev–Trinajstić information content (AvgIpc) is 2.12. The largest absolute Gasteiger partial charge is 0.399 e. The number of hydrogen-bond acceptors (Lipinski definition) is 8. The molecule has 0 atom stereocenters. The first kappa shape index (κ1) is 14.8. The molecule has 0 aliphatic rings. The quantitative estimate of drug-likeness (QED) is 0.752. The van der Waals surface area contributed by atoms with Gasteiger partial charge in [-0.25, -0.2) is 0 Å². The van der Waals surface area contributed by atoms with E-state index in [2.05, 4.69) is 15.0 Å². The predicted molar refractivity (Wildman–Crippen MR) is 68.3 cm³/mol. The lowest BCUT2D eigenvalue weighted by Crippen LogP contribution is -2.24. The molecule has 102 valence electrons. The van der Waals surface area contributed by atoms with Gasteiger partial charge in [-0.05, 0) is 27.7 Å². The van der Waals surface area contributed by atoms with Crippen molar-refractivity contribution in [1.82, 2.24) is 15.0 Å². The van der Waals surface area contributed by atoms with Crippen LogP contribution in [0.3, 0.4) is 0 Å². The lowest BCUT2D eigenvalue weighted by Gasteiger charge is -2.21. The number of nitrogens with two attached hydrogens (primary N) is 2. The molecule has 1 aromatic rings. The van der Waals surface area contributed by atoms with Crippen LogP contribution in [-0.2, 0) is 13.6 Å². The number of nitrogen functional groups attached to an aromatic ring is 2. The van der Waals surface area contributed by atoms with Crippen molar-refractivity contribution in [2.24, 2.45) is 0 Å². The molecule has 0 unspecified atom stereocenters. The van der Waals surface area contributed by atoms with Crippen LogP contribution in [0.2, 0.25) is 0 Å². The van der Waals surface area contributed by atoms with Crippen LogP contribution in [-0.4, -0.2) is 27.2 Å². The van der Waals surface area contributed by atoms with Crippen molar-refractivity contribution in [2.45, 2.75) is 39.9 Å². The fourth-order valence-corrected chi connectivity index (χ4v) is 2.99. The number of aromatic nitrogens is 3. The van der Waals surface area contributed by atoms with Gasteiger partial charge in [-0.1, -0.05) is 0 Å². The Morgan fingerprint density at radius 3 is 1.67 bits per heavy atom. The molecule has 0 amide bonds. The van der Waals surface area contributed by atoms with Gasteiger partial charge in [-0.2, -0.15) is 15.0 Å². The molecule has 0 aromatic carbocycles. The first-order valence-electron chi connectivity index (χ1n) is 5.47. The number of nitrogens with zero attached hydrogens (tertiary/aromatic N) is 3. The van der Waals surface area contributed by atoms with Gasteiger partial charge < -0.3 is 20.5 Å². The summed E-state index contributed by atoms with van der Waals surface area (Å²) in [6.07, 6.45) is -0.650. The van der Waals surface area contributed by atoms with E-state index in [0.29, 0.717) is 0 Å². The molecule has 4 N–H and O–H groups in total. The zero-order chi connectivity index (χ0) is 13.9. The van der Waals surface area contributed by atoms with E-state index in [4.69, 9.17) is 20.5 Å². The maximum Gasteiger partial charge on any atom is 0.399 e. The molecule has 1 aromatic heterocycles. The SMILES string of the molecule is CC(C)OP(=O)(OC(C)C)c1nc(N)nc(N)n1. The second-order valence-corrected chi connectivity index (χ2v) is 5.97. The van der Waals surface area contributed by atoms with Crippen LogP contribution in [0.1, 0.15) is 27.7 Å². The van der Waals surface area contributed by atoms with Crippen LogP contribution >= 0.6 is 7.60 Å². The van der Waals surface area contributed by atoms with Crippen molar-refractivity contribution in [3.8, 4) is 0 Å². The minimum absolute atomic E-state index is 0.127. The summed E-state index contributed by atoms with van der Waals surface area (Å²) in [5.74, 6) is -0.255. The third kappa shape index (κ3) is 3.90. The van der Waals surface area contributed by atoms with E-state index in [1.54, 1.807) is 27.7 Å². The van der Waals surface area contributed by atoms with Gasteiger partial charge in [0, 0.05) is 0 Å². The predicted octanol–water partition coefficient (Wildman–Crippen LogP) is 0.704. The topological polar surface area (TPSA) is 126 Å². The molecule has 0 spiro atoms. The van der Waals surface area contributed by atoms with Gasteiger partial charge in [0.15, 0.2) is 0 Å². The molecule has 0 fully saturated rings. The molecule has 0 aliphatic carbocycles. The highest BCUT2D eigenvalue weighted by atomic mass is 31.2. The molecular formula is C9H18N5O3P. The molecule has 0 saturated heterocycles. The fourth-order valence-electron chi connectivity index (χ4n) is 1.19. The van der Waals surface area contributed by atoms with Gasteiger partial charge in [0.2, 0.25) is 17.5 Å². The first-order valence-corrected chi connectivity index (χ1v) is 7.01. The highest BCUT2D eigenvalue weighted by Crippen LogP contribution is 2.48. The Morgan fingerprint density at radius 1 is 0.944 bits per heavy atom. The Morgan fingerprint density at radius 2 is 1.33 bits per heavy atom. The Hall–Kier alpha value is -1.24. The van der Waals surface area contributed by atoms with Crippen LogP contribution in [0.15, 0.2) is 0 Å². The minimum Gasteiger partial charge on any atom is -0.368 e. The maximum absolute atomic E-state index is 12.6. The molecule has 0 aliphatic heterocycles. The maximum atomic E-state index is 12.6. The molecule has 1 rings (SSSR count). The molecule has 1 heterocycles. The third-order valence-corrected chi connectivity index (χ3v) is 3.69. The highest BCUT2D eigenvalue weighted by Gasteiger charge is 2.34. The zero-order valence-electron chi connectivity index (χ0n) is 10.8. The lowest BCUT2D eigenvalue weighted by atomic mass is 10.5. The van der Waals surface area contributed by atoms with Crippen LogP contribution < -0.4 is 17.0 Å². The van der Waals surface area contributed by atoms with E-state index in [0.717, 1.165) is 0 Å². The summed E-state index contributed by atoms with van der Waals surface area (Å²) in [5.41, 5.74) is 10.7. The van der Waals surface area contributed by atoms with Gasteiger partial charge in [0.05, 0.1) is 12.2 Å². The van der Waals surface area contributed by atoms with Crippen molar-refractivity contribution in [3.63, 3.8) is 0 Å². The van der Waals surface area contributed by atoms with Gasteiger partial charge in [0.1, 0.15) is 0 Å². The van der Waals surface area contributed by atoms with Crippen LogP contribution in [0.4, 0.5) is 11.9 Å². The zero-order valence-corrected chi connectivity index (χ0v) is 11.7. The molecule has 18 heavy (non-hydrogen) atoms. The summed E-state index contributed by atoms with van der Waals surface area (Å²) in [4.78, 5) is 11.2. The smallest absolute Gasteiger partial charge is 0.368 e. The summed E-state index contributed by atoms with van der Waals surface area (Å²) >= 11 is 0. The third-order valence-electron chi connectivity index (χ3n) is 1.60. The lowest BCUT2D eigenvalue weighted by molar-refractivity contribution is 0.149. The molecule has 9 heteroatoms. The van der Waals surface area contributed by atoms with E-state index >= 15 is 0 Å². The normalized spacial score (nSPS) is 12.3. The average molecular weight is 275 g/mol. The molecule has 0 radical (unpaired) electrons. The second-order valence-electron chi connectivity index (χ2n) is 4.16. The van der Waals surface area contributed by atoms with Gasteiger partial charge in [-0.3, -0.25) is 4.57 Å². The van der Waals surface area contributed by atoms with Crippen molar-refractivity contribution in [2.75, 3.05) is 11.5 Å². The van der Waals surface area contributed by atoms with Crippen molar-refractivity contribution in [3.05, 3.63) is 0 Å². The van der Waals surface area contributed by atoms with Gasteiger partial charge >= 0.3 is 7.60 Å². The number of anilines is 2. The second kappa shape index (κ2) is 5.60. The number of rotatable bonds is 5. The fraction of sp³-hybridized carbons (Fsp3) is 0.667. The van der Waals surface area contributed by atoms with Crippen LogP contribution in [0.5, 0.6) is 0 Å². The van der Waals surface area contributed by atoms with E-state index in [9.17, 15) is 4.57 Å². The molecule has 8 nitrogen and oxygen atoms in total. The van der Waals surface area contributed by atoms with E-state index in [1.165, 1.54) is 0 Å². The standard InChI is InChI=1S/C9H18N5O3P/c1-5(2)16-18(15,17-6(3)4)9-13-7(10)12-8(11)14-9/h5-6H,1-4H3,(H4,10,11,12,13,14). The Kier molecular flexibility index (Phi) is 4.61. The summed E-state index contributed by atoms with van der Waals surface area (Å²) < 4.78 is 23.3. The Balaban J connectivity index is 3.20. The van der Waals surface area contributed by atoms with Crippen molar-refractivity contribution < 1.29 is 13.6 Å². The van der Waals surface area contributed by atoms with Gasteiger partial charge in [-0.15, -0.1) is 0 Å². The van der Waals surface area contributed by atoms with E-state index in [-0.39, 0.29) is 29.7 Å². The molecular weight excluding hydrogens is 257 g/mol. The minimum atomic E-state index is -3.66. The number of hydrogen-bond donors (Lipinski definition) is 2.